The van der Waals surface area contributed by atoms with Crippen LogP contribution in [0.25, 0.3) is 0 Å². The van der Waals surface area contributed by atoms with Gasteiger partial charge in [-0.25, -0.2) is 4.79 Å². The van der Waals surface area contributed by atoms with E-state index in [2.05, 4.69) is 10.2 Å². The van der Waals surface area contributed by atoms with Gasteiger partial charge in [-0.3, -0.25) is 4.90 Å². The molecule has 74 valence electrons. The number of nitrogens with one attached hydrogen (secondary N) is 1. The number of amides is 1. The fourth-order valence-corrected chi connectivity index (χ4v) is 1.85. The Hall–Kier alpha value is -0.810. The first kappa shape index (κ1) is 8.77. The number of carbonyl (C=O) groups is 1. The molecule has 0 aliphatic carbocycles. The molecule has 1 amide bonds. The van der Waals surface area contributed by atoms with Gasteiger partial charge in [0.25, 0.3) is 0 Å². The molecule has 0 saturated carbocycles. The molecule has 3 N–H and O–H groups in total. The molecular weight excluding hydrogens is 170 g/mol. The van der Waals surface area contributed by atoms with Crippen LogP contribution in [0, 0.1) is 0 Å². The van der Waals surface area contributed by atoms with Gasteiger partial charge in [0.2, 0.25) is 0 Å². The molecule has 5 nitrogen and oxygen atoms in total. The van der Waals surface area contributed by atoms with E-state index in [4.69, 9.17) is 10.5 Å². The molecule has 2 aliphatic rings. The van der Waals surface area contributed by atoms with Gasteiger partial charge in [-0.2, -0.15) is 0 Å². The van der Waals surface area contributed by atoms with Crippen LogP contribution >= 0.6 is 0 Å². The number of likely N-dealkylation sites (tertiary alicyclic amines) is 1. The van der Waals surface area contributed by atoms with E-state index in [-0.39, 0.29) is 12.2 Å². The molecule has 2 fully saturated rings. The first-order valence-electron chi connectivity index (χ1n) is 4.66. The van der Waals surface area contributed by atoms with E-state index >= 15 is 0 Å². The lowest BCUT2D eigenvalue weighted by atomic mass is 10.3. The van der Waals surface area contributed by atoms with Gasteiger partial charge >= 0.3 is 6.09 Å². The van der Waals surface area contributed by atoms with Crippen molar-refractivity contribution in [1.82, 2.24) is 10.2 Å². The van der Waals surface area contributed by atoms with E-state index in [1.54, 1.807) is 0 Å². The minimum Gasteiger partial charge on any atom is -0.443 e. The molecule has 0 bridgehead atoms. The Balaban J connectivity index is 1.75. The third kappa shape index (κ3) is 2.10. The van der Waals surface area contributed by atoms with E-state index in [0.29, 0.717) is 12.6 Å². The largest absolute Gasteiger partial charge is 0.443 e. The number of ether oxygens (including phenoxy) is 1. The Morgan fingerprint density at radius 3 is 3.08 bits per heavy atom. The van der Waals surface area contributed by atoms with E-state index < -0.39 is 0 Å². The van der Waals surface area contributed by atoms with Crippen LogP contribution in [-0.2, 0) is 4.74 Å². The van der Waals surface area contributed by atoms with Crippen molar-refractivity contribution in [2.24, 2.45) is 5.73 Å². The predicted octanol–water partition coefficient (Wildman–Crippen LogP) is -0.872. The lowest BCUT2D eigenvalue weighted by molar-refractivity contribution is 0.116. The van der Waals surface area contributed by atoms with Gasteiger partial charge in [-0.15, -0.1) is 0 Å². The van der Waals surface area contributed by atoms with Crippen molar-refractivity contribution in [3.8, 4) is 0 Å². The molecule has 0 aromatic rings. The van der Waals surface area contributed by atoms with Crippen LogP contribution in [0.15, 0.2) is 0 Å². The van der Waals surface area contributed by atoms with Gasteiger partial charge in [0.1, 0.15) is 6.10 Å². The minimum absolute atomic E-state index is 0.0119. The lowest BCUT2D eigenvalue weighted by Gasteiger charge is -2.17. The van der Waals surface area contributed by atoms with Gasteiger partial charge in [-0.05, 0) is 13.0 Å². The highest BCUT2D eigenvalue weighted by molar-refractivity contribution is 5.69. The highest BCUT2D eigenvalue weighted by Gasteiger charge is 2.27. The number of alkyl carbamates (subject to hydrolysis) is 1. The van der Waals surface area contributed by atoms with Gasteiger partial charge in [0, 0.05) is 19.1 Å². The summed E-state index contributed by atoms with van der Waals surface area (Å²) in [5, 5.41) is 2.64. The van der Waals surface area contributed by atoms with E-state index in [1.807, 2.05) is 0 Å². The minimum atomic E-state index is -0.298. The Labute approximate surface area is 77.2 Å². The average Bonchev–Trinajstić information content (AvgIpc) is 2.62. The van der Waals surface area contributed by atoms with E-state index in [1.165, 1.54) is 0 Å². The highest BCUT2D eigenvalue weighted by atomic mass is 16.6. The zero-order valence-electron chi connectivity index (χ0n) is 7.53. The topological polar surface area (TPSA) is 67.6 Å². The maximum absolute atomic E-state index is 10.7. The smallest absolute Gasteiger partial charge is 0.407 e. The Morgan fingerprint density at radius 1 is 1.69 bits per heavy atom. The summed E-state index contributed by atoms with van der Waals surface area (Å²) in [5.41, 5.74) is 5.76. The quantitative estimate of drug-likeness (QED) is 0.586. The molecule has 2 heterocycles. The molecule has 0 aromatic carbocycles. The summed E-state index contributed by atoms with van der Waals surface area (Å²) in [7, 11) is 0. The fourth-order valence-electron chi connectivity index (χ4n) is 1.85. The monoisotopic (exact) mass is 185 g/mol. The van der Waals surface area contributed by atoms with Crippen molar-refractivity contribution < 1.29 is 9.53 Å². The van der Waals surface area contributed by atoms with Crippen LogP contribution in [0.3, 0.4) is 0 Å². The zero-order valence-corrected chi connectivity index (χ0v) is 7.53. The molecule has 0 aromatic heterocycles. The van der Waals surface area contributed by atoms with Crippen LogP contribution in [0.5, 0.6) is 0 Å². The molecule has 0 spiro atoms. The number of hydrogen-bond acceptors (Lipinski definition) is 4. The summed E-state index contributed by atoms with van der Waals surface area (Å²) in [6, 6.07) is 0.296. The molecule has 2 saturated heterocycles. The highest BCUT2D eigenvalue weighted by Crippen LogP contribution is 2.10. The second-order valence-electron chi connectivity index (χ2n) is 3.72. The van der Waals surface area contributed by atoms with Crippen LogP contribution < -0.4 is 11.1 Å². The van der Waals surface area contributed by atoms with Crippen molar-refractivity contribution >= 4 is 6.09 Å². The van der Waals surface area contributed by atoms with Crippen LogP contribution in [0.1, 0.15) is 6.42 Å². The first-order chi connectivity index (χ1) is 6.24. The molecule has 5 heteroatoms. The third-order valence-corrected chi connectivity index (χ3v) is 2.52. The van der Waals surface area contributed by atoms with Crippen molar-refractivity contribution in [2.45, 2.75) is 18.6 Å². The molecule has 2 aliphatic heterocycles. The van der Waals surface area contributed by atoms with E-state index in [9.17, 15) is 4.79 Å². The van der Waals surface area contributed by atoms with Gasteiger partial charge in [0.05, 0.1) is 6.54 Å². The number of hydrogen-bond donors (Lipinski definition) is 2. The number of cyclic esters (lactones) is 1. The number of rotatable bonds is 2. The van der Waals surface area contributed by atoms with Crippen LogP contribution in [-0.4, -0.2) is 49.3 Å². The normalized spacial score (nSPS) is 34.7. The predicted molar refractivity (Wildman–Crippen MR) is 47.3 cm³/mol. The van der Waals surface area contributed by atoms with Crippen LogP contribution in [0.2, 0.25) is 0 Å². The standard InChI is InChI=1S/C8H15N3O2/c9-6-1-2-11(4-6)5-7-3-10-8(12)13-7/h6-7H,1-5,9H2,(H,10,12). The van der Waals surface area contributed by atoms with Gasteiger partial charge < -0.3 is 15.8 Å². The van der Waals surface area contributed by atoms with Crippen LogP contribution in [0.4, 0.5) is 4.79 Å². The second-order valence-corrected chi connectivity index (χ2v) is 3.72. The summed E-state index contributed by atoms with van der Waals surface area (Å²) in [6.07, 6.45) is 0.764. The maximum Gasteiger partial charge on any atom is 0.407 e. The Morgan fingerprint density at radius 2 is 2.54 bits per heavy atom. The van der Waals surface area contributed by atoms with Crippen molar-refractivity contribution in [1.29, 1.82) is 0 Å². The SMILES string of the molecule is NC1CCN(CC2CNC(=O)O2)C1. The summed E-state index contributed by atoms with van der Waals surface area (Å²) in [4.78, 5) is 13.0. The van der Waals surface area contributed by atoms with Gasteiger partial charge in [0.15, 0.2) is 0 Å². The molecule has 2 atom stereocenters. The lowest BCUT2D eigenvalue weighted by Crippen LogP contribution is -2.34. The number of nitrogens with zero attached hydrogens (tertiary/aromatic N) is 1. The summed E-state index contributed by atoms with van der Waals surface area (Å²) in [6.45, 7) is 3.39. The molecule has 2 unspecified atom stereocenters. The fraction of sp³-hybridized carbons (Fsp3) is 0.875. The zero-order chi connectivity index (χ0) is 9.26. The van der Waals surface area contributed by atoms with Crippen molar-refractivity contribution in [3.05, 3.63) is 0 Å². The molecular formula is C8H15N3O2. The number of carbonyl (C=O) groups excluding carboxylic acids is 1. The second kappa shape index (κ2) is 3.51. The van der Waals surface area contributed by atoms with Gasteiger partial charge in [-0.1, -0.05) is 0 Å². The average molecular weight is 185 g/mol. The molecule has 2 rings (SSSR count). The van der Waals surface area contributed by atoms with Crippen molar-refractivity contribution in [3.63, 3.8) is 0 Å². The Kier molecular flexibility index (Phi) is 2.37. The summed E-state index contributed by atoms with van der Waals surface area (Å²) < 4.78 is 5.03. The van der Waals surface area contributed by atoms with Crippen molar-refractivity contribution in [2.75, 3.05) is 26.2 Å². The number of nitrogens with two attached hydrogens (primary N) is 1. The molecule has 0 radical (unpaired) electrons. The third-order valence-electron chi connectivity index (χ3n) is 2.52. The van der Waals surface area contributed by atoms with E-state index in [0.717, 1.165) is 26.1 Å². The summed E-state index contributed by atoms with van der Waals surface area (Å²) in [5.74, 6) is 0. The first-order valence-corrected chi connectivity index (χ1v) is 4.66. The maximum atomic E-state index is 10.7. The Bertz CT molecular complexity index is 210. The molecule has 13 heavy (non-hydrogen) atoms. The summed E-state index contributed by atoms with van der Waals surface area (Å²) >= 11 is 0.